The van der Waals surface area contributed by atoms with Crippen LogP contribution in [0.1, 0.15) is 10.4 Å². The molecule has 2 rings (SSSR count). The third-order valence-electron chi connectivity index (χ3n) is 2.41. The molecule has 18 heavy (non-hydrogen) atoms. The molecule has 0 aliphatic rings. The van der Waals surface area contributed by atoms with Gasteiger partial charge in [-0.2, -0.15) is 0 Å². The van der Waals surface area contributed by atoms with Crippen molar-refractivity contribution in [1.29, 1.82) is 0 Å². The van der Waals surface area contributed by atoms with Gasteiger partial charge in [0.15, 0.2) is 5.56 Å². The fraction of sp³-hybridized carbons (Fsp3) is 0.0769. The van der Waals surface area contributed by atoms with Crippen LogP contribution in [0.2, 0.25) is 0 Å². The van der Waals surface area contributed by atoms with E-state index in [0.717, 1.165) is 5.56 Å². The first-order valence-electron chi connectivity index (χ1n) is 5.14. The molecular weight excluding hydrogens is 252 g/mol. The Bertz CT molecular complexity index is 631. The highest BCUT2D eigenvalue weighted by Crippen LogP contribution is 2.25. The predicted molar refractivity (Wildman–Crippen MR) is 69.2 cm³/mol. The van der Waals surface area contributed by atoms with Gasteiger partial charge in [-0.1, -0.05) is 30.3 Å². The standard InChI is InChI=1S/C13H10O4S/c1-18-10-7-9(8-5-3-2-4-6-8)17-13(16)11(10)12(14)15/h2-7H,1H3,(H,14,15). The monoisotopic (exact) mass is 262 g/mol. The average molecular weight is 262 g/mol. The molecule has 0 unspecified atom stereocenters. The summed E-state index contributed by atoms with van der Waals surface area (Å²) < 4.78 is 5.05. The van der Waals surface area contributed by atoms with Gasteiger partial charge >= 0.3 is 11.6 Å². The second-order valence-corrected chi connectivity index (χ2v) is 4.36. The quantitative estimate of drug-likeness (QED) is 0.861. The van der Waals surface area contributed by atoms with Crippen molar-refractivity contribution in [2.75, 3.05) is 6.26 Å². The molecule has 5 heteroatoms. The maximum absolute atomic E-state index is 11.7. The number of rotatable bonds is 3. The minimum Gasteiger partial charge on any atom is -0.477 e. The van der Waals surface area contributed by atoms with Crippen LogP contribution in [-0.2, 0) is 0 Å². The smallest absolute Gasteiger partial charge is 0.352 e. The molecule has 1 N–H and O–H groups in total. The van der Waals surface area contributed by atoms with E-state index in [4.69, 9.17) is 9.52 Å². The van der Waals surface area contributed by atoms with E-state index in [-0.39, 0.29) is 5.56 Å². The number of carboxylic acid groups (broad SMARTS) is 1. The summed E-state index contributed by atoms with van der Waals surface area (Å²) in [5.74, 6) is -0.900. The van der Waals surface area contributed by atoms with Crippen LogP contribution in [0.5, 0.6) is 0 Å². The van der Waals surface area contributed by atoms with Gasteiger partial charge in [0.05, 0.1) is 0 Å². The molecule has 4 nitrogen and oxygen atoms in total. The number of carboxylic acids is 1. The molecule has 1 aromatic carbocycles. The summed E-state index contributed by atoms with van der Waals surface area (Å²) in [6, 6.07) is 10.7. The topological polar surface area (TPSA) is 67.5 Å². The van der Waals surface area contributed by atoms with Gasteiger partial charge in [0.2, 0.25) is 0 Å². The van der Waals surface area contributed by atoms with Crippen LogP contribution < -0.4 is 5.63 Å². The number of carbonyl (C=O) groups is 1. The van der Waals surface area contributed by atoms with Gasteiger partial charge in [-0.05, 0) is 12.3 Å². The minimum atomic E-state index is -1.27. The lowest BCUT2D eigenvalue weighted by Gasteiger charge is -2.05. The van der Waals surface area contributed by atoms with E-state index in [1.54, 1.807) is 24.5 Å². The first-order chi connectivity index (χ1) is 8.63. The third kappa shape index (κ3) is 2.31. The van der Waals surface area contributed by atoms with Gasteiger partial charge in [-0.3, -0.25) is 0 Å². The fourth-order valence-electron chi connectivity index (χ4n) is 1.57. The zero-order valence-electron chi connectivity index (χ0n) is 9.54. The van der Waals surface area contributed by atoms with Crippen LogP contribution in [0, 0.1) is 0 Å². The molecule has 0 aliphatic heterocycles. The predicted octanol–water partition coefficient (Wildman–Crippen LogP) is 2.73. The van der Waals surface area contributed by atoms with Crippen molar-refractivity contribution in [2.24, 2.45) is 0 Å². The Morgan fingerprint density at radius 2 is 1.94 bits per heavy atom. The van der Waals surface area contributed by atoms with Gasteiger partial charge < -0.3 is 9.52 Å². The summed E-state index contributed by atoms with van der Waals surface area (Å²) in [4.78, 5) is 23.1. The first-order valence-corrected chi connectivity index (χ1v) is 6.37. The lowest BCUT2D eigenvalue weighted by Crippen LogP contribution is -2.15. The molecule has 1 aromatic heterocycles. The number of aromatic carboxylic acids is 1. The van der Waals surface area contributed by atoms with Gasteiger partial charge in [0.25, 0.3) is 0 Å². The molecule has 0 amide bonds. The van der Waals surface area contributed by atoms with Crippen LogP contribution >= 0.6 is 11.8 Å². The molecule has 2 aromatic rings. The zero-order chi connectivity index (χ0) is 13.1. The summed E-state index contributed by atoms with van der Waals surface area (Å²) in [6.45, 7) is 0. The van der Waals surface area contributed by atoms with E-state index in [1.807, 2.05) is 18.2 Å². The molecule has 0 spiro atoms. The number of hydrogen-bond donors (Lipinski definition) is 1. The Hall–Kier alpha value is -2.01. The van der Waals surface area contributed by atoms with E-state index in [0.29, 0.717) is 10.7 Å². The number of hydrogen-bond acceptors (Lipinski definition) is 4. The van der Waals surface area contributed by atoms with Gasteiger partial charge in [0, 0.05) is 10.5 Å². The maximum atomic E-state index is 11.7. The van der Waals surface area contributed by atoms with Gasteiger partial charge in [0.1, 0.15) is 5.76 Å². The molecule has 0 radical (unpaired) electrons. The summed E-state index contributed by atoms with van der Waals surface area (Å²) in [7, 11) is 0. The van der Waals surface area contributed by atoms with Crippen molar-refractivity contribution in [3.05, 3.63) is 52.4 Å². The summed E-state index contributed by atoms with van der Waals surface area (Å²) in [5.41, 5.74) is -0.405. The van der Waals surface area contributed by atoms with E-state index < -0.39 is 11.6 Å². The van der Waals surface area contributed by atoms with Crippen LogP contribution in [0.15, 0.2) is 50.5 Å². The van der Waals surface area contributed by atoms with Gasteiger partial charge in [-0.25, -0.2) is 9.59 Å². The summed E-state index contributed by atoms with van der Waals surface area (Å²) in [6.07, 6.45) is 1.72. The van der Waals surface area contributed by atoms with Crippen molar-refractivity contribution in [2.45, 2.75) is 4.90 Å². The highest BCUT2D eigenvalue weighted by molar-refractivity contribution is 7.98. The lowest BCUT2D eigenvalue weighted by atomic mass is 10.1. The number of thioether (sulfide) groups is 1. The van der Waals surface area contributed by atoms with E-state index >= 15 is 0 Å². The first kappa shape index (κ1) is 12.4. The van der Waals surface area contributed by atoms with Crippen molar-refractivity contribution in [3.8, 4) is 11.3 Å². The Kier molecular flexibility index (Phi) is 3.53. The second-order valence-electron chi connectivity index (χ2n) is 3.51. The number of benzene rings is 1. The Labute approximate surface area is 107 Å². The molecular formula is C13H10O4S. The lowest BCUT2D eigenvalue weighted by molar-refractivity contribution is 0.0688. The van der Waals surface area contributed by atoms with Crippen LogP contribution in [0.3, 0.4) is 0 Å². The highest BCUT2D eigenvalue weighted by atomic mass is 32.2. The third-order valence-corrected chi connectivity index (χ3v) is 3.17. The molecule has 1 heterocycles. The SMILES string of the molecule is CSc1cc(-c2ccccc2)oc(=O)c1C(=O)O. The summed E-state index contributed by atoms with van der Waals surface area (Å²) >= 11 is 1.21. The van der Waals surface area contributed by atoms with Gasteiger partial charge in [-0.15, -0.1) is 11.8 Å². The van der Waals surface area contributed by atoms with E-state index in [1.165, 1.54) is 11.8 Å². The van der Waals surface area contributed by atoms with Crippen LogP contribution in [0.4, 0.5) is 0 Å². The van der Waals surface area contributed by atoms with Crippen molar-refractivity contribution < 1.29 is 14.3 Å². The molecule has 0 saturated heterocycles. The van der Waals surface area contributed by atoms with Crippen molar-refractivity contribution in [1.82, 2.24) is 0 Å². The normalized spacial score (nSPS) is 10.3. The molecule has 0 aliphatic carbocycles. The Morgan fingerprint density at radius 3 is 2.50 bits per heavy atom. The molecule has 92 valence electrons. The molecule has 0 bridgehead atoms. The Balaban J connectivity index is 2.64. The molecule has 0 saturated carbocycles. The molecule has 0 fully saturated rings. The van der Waals surface area contributed by atoms with Crippen molar-refractivity contribution in [3.63, 3.8) is 0 Å². The van der Waals surface area contributed by atoms with Crippen molar-refractivity contribution >= 4 is 17.7 Å². The fourth-order valence-corrected chi connectivity index (χ4v) is 2.17. The molecule has 0 atom stereocenters. The Morgan fingerprint density at radius 1 is 1.28 bits per heavy atom. The zero-order valence-corrected chi connectivity index (χ0v) is 10.4. The average Bonchev–Trinajstić information content (AvgIpc) is 2.38. The maximum Gasteiger partial charge on any atom is 0.352 e. The van der Waals surface area contributed by atoms with E-state index in [9.17, 15) is 9.59 Å². The van der Waals surface area contributed by atoms with Crippen LogP contribution in [0.25, 0.3) is 11.3 Å². The highest BCUT2D eigenvalue weighted by Gasteiger charge is 2.18. The summed E-state index contributed by atoms with van der Waals surface area (Å²) in [5, 5.41) is 8.97. The van der Waals surface area contributed by atoms with Crippen LogP contribution in [-0.4, -0.2) is 17.3 Å². The second kappa shape index (κ2) is 5.10. The minimum absolute atomic E-state index is 0.317. The van der Waals surface area contributed by atoms with E-state index in [2.05, 4.69) is 0 Å². The largest absolute Gasteiger partial charge is 0.477 e.